The summed E-state index contributed by atoms with van der Waals surface area (Å²) in [5, 5.41) is 0.712. The van der Waals surface area contributed by atoms with E-state index in [0.29, 0.717) is 21.8 Å². The van der Waals surface area contributed by atoms with Crippen molar-refractivity contribution < 1.29 is 25.9 Å². The Morgan fingerprint density at radius 2 is 1.09 bits per heavy atom. The Labute approximate surface area is 124 Å². The second-order valence-electron chi connectivity index (χ2n) is 4.46. The van der Waals surface area contributed by atoms with Crippen LogP contribution in [0.25, 0.3) is 21.8 Å². The van der Waals surface area contributed by atoms with Crippen molar-refractivity contribution in [1.29, 1.82) is 0 Å². The molecule has 0 unspecified atom stereocenters. The molecule has 0 bridgehead atoms. The quantitative estimate of drug-likeness (QED) is 0.488. The molecule has 0 N–H and O–H groups in total. The van der Waals surface area contributed by atoms with Gasteiger partial charge in [-0.3, -0.25) is 9.97 Å². The van der Waals surface area contributed by atoms with Gasteiger partial charge in [-0.25, -0.2) is 16.8 Å². The maximum Gasteiger partial charge on any atom is 0.125 e. The van der Waals surface area contributed by atoms with E-state index < -0.39 is 30.0 Å². The van der Waals surface area contributed by atoms with Crippen LogP contribution in [0.5, 0.6) is 0 Å². The van der Waals surface area contributed by atoms with Gasteiger partial charge in [0.2, 0.25) is 0 Å². The lowest BCUT2D eigenvalue weighted by atomic mass is 10.1. The van der Waals surface area contributed by atoms with Crippen LogP contribution in [-0.2, 0) is 20.2 Å². The lowest BCUT2D eigenvalue weighted by Gasteiger charge is -2.10. The van der Waals surface area contributed by atoms with Gasteiger partial charge >= 0.3 is 0 Å². The average Bonchev–Trinajstić information content (AvgIpc) is 2.44. The maximum atomic E-state index is 11.0. The van der Waals surface area contributed by atoms with Crippen LogP contribution in [0.1, 0.15) is 0 Å². The normalized spacial score (nSPS) is 12.8. The van der Waals surface area contributed by atoms with E-state index in [0.717, 1.165) is 24.5 Å². The number of fused-ring (bicyclic) bond motifs is 3. The van der Waals surface area contributed by atoms with Crippen molar-refractivity contribution in [3.8, 4) is 0 Å². The van der Waals surface area contributed by atoms with Gasteiger partial charge in [0.15, 0.2) is 0 Å². The van der Waals surface area contributed by atoms with E-state index in [1.165, 1.54) is 12.1 Å². The highest BCUT2D eigenvalue weighted by Gasteiger charge is 2.10. The molecule has 0 spiro atoms. The minimum absolute atomic E-state index is 0.291. The van der Waals surface area contributed by atoms with Gasteiger partial charge in [0.25, 0.3) is 0 Å². The molecule has 22 heavy (non-hydrogen) atoms. The van der Waals surface area contributed by atoms with Crippen LogP contribution < -0.4 is 0 Å². The zero-order chi connectivity index (χ0) is 16.1. The predicted molar refractivity (Wildman–Crippen MR) is 73.0 cm³/mol. The van der Waals surface area contributed by atoms with Gasteiger partial charge in [-0.15, -0.1) is 0 Å². The van der Waals surface area contributed by atoms with Gasteiger partial charge in [0, 0.05) is 23.2 Å². The van der Waals surface area contributed by atoms with Crippen molar-refractivity contribution in [2.45, 2.75) is 9.79 Å². The van der Waals surface area contributed by atoms with E-state index in [2.05, 4.69) is 9.97 Å². The van der Waals surface area contributed by atoms with Crippen molar-refractivity contribution in [2.75, 3.05) is 0 Å². The summed E-state index contributed by atoms with van der Waals surface area (Å²) >= 11 is 0. The molecular formula is C12H6N2O6S2-2. The summed E-state index contributed by atoms with van der Waals surface area (Å²) in [4.78, 5) is 6.85. The van der Waals surface area contributed by atoms with E-state index in [9.17, 15) is 25.9 Å². The van der Waals surface area contributed by atoms with Crippen molar-refractivity contribution in [1.82, 2.24) is 9.97 Å². The average molecular weight is 338 g/mol. The minimum Gasteiger partial charge on any atom is -0.744 e. The monoisotopic (exact) mass is 338 g/mol. The molecule has 114 valence electrons. The summed E-state index contributed by atoms with van der Waals surface area (Å²) in [6, 6.07) is 5.23. The summed E-state index contributed by atoms with van der Waals surface area (Å²) in [5.41, 5.74) is 0.583. The molecule has 0 aliphatic rings. The van der Waals surface area contributed by atoms with Gasteiger partial charge in [0.1, 0.15) is 20.2 Å². The van der Waals surface area contributed by atoms with Crippen LogP contribution in [0, 0.1) is 0 Å². The summed E-state index contributed by atoms with van der Waals surface area (Å²) in [6.07, 6.45) is 1.81. The molecule has 3 aromatic rings. The first kappa shape index (κ1) is 14.8. The predicted octanol–water partition coefficient (Wildman–Crippen LogP) is 0.591. The number of pyridine rings is 2. The molecular weight excluding hydrogens is 332 g/mol. The van der Waals surface area contributed by atoms with Crippen LogP contribution in [0.2, 0.25) is 0 Å². The van der Waals surface area contributed by atoms with Crippen molar-refractivity contribution in [3.63, 3.8) is 0 Å². The molecule has 2 aromatic heterocycles. The highest BCUT2D eigenvalue weighted by Crippen LogP contribution is 2.25. The molecule has 10 heteroatoms. The van der Waals surface area contributed by atoms with Gasteiger partial charge in [0.05, 0.1) is 20.8 Å². The Bertz CT molecular complexity index is 1030. The fraction of sp³-hybridized carbons (Fsp3) is 0. The SMILES string of the molecule is O=S(=O)([O-])c1cnc2c(ccc3cc(S(=O)(=O)[O-])cnc32)c1. The fourth-order valence-electron chi connectivity index (χ4n) is 2.03. The Balaban J connectivity index is 2.33. The number of nitrogens with zero attached hydrogens (tertiary/aromatic N) is 2. The topological polar surface area (TPSA) is 140 Å². The zero-order valence-corrected chi connectivity index (χ0v) is 12.3. The molecule has 0 saturated carbocycles. The van der Waals surface area contributed by atoms with Gasteiger partial charge < -0.3 is 9.11 Å². The molecule has 0 fully saturated rings. The van der Waals surface area contributed by atoms with Gasteiger partial charge in [-0.2, -0.15) is 0 Å². The Morgan fingerprint density at radius 3 is 1.41 bits per heavy atom. The molecule has 2 heterocycles. The number of aromatic nitrogens is 2. The van der Waals surface area contributed by atoms with Crippen molar-refractivity contribution in [2.24, 2.45) is 0 Å². The third kappa shape index (κ3) is 2.52. The van der Waals surface area contributed by atoms with Crippen LogP contribution in [0.15, 0.2) is 46.5 Å². The van der Waals surface area contributed by atoms with Gasteiger partial charge in [-0.1, -0.05) is 12.1 Å². The minimum atomic E-state index is -4.63. The van der Waals surface area contributed by atoms with Crippen LogP contribution in [-0.4, -0.2) is 35.9 Å². The van der Waals surface area contributed by atoms with Crippen LogP contribution >= 0.6 is 0 Å². The molecule has 0 atom stereocenters. The molecule has 0 aliphatic heterocycles. The van der Waals surface area contributed by atoms with Crippen molar-refractivity contribution >= 4 is 42.0 Å². The molecule has 0 saturated heterocycles. The Morgan fingerprint density at radius 1 is 0.727 bits per heavy atom. The molecule has 0 aliphatic carbocycles. The summed E-state index contributed by atoms with van der Waals surface area (Å²) in [6.45, 7) is 0. The second-order valence-corrected chi connectivity index (χ2v) is 7.22. The molecule has 0 amide bonds. The summed E-state index contributed by atoms with van der Waals surface area (Å²) < 4.78 is 65.9. The summed E-state index contributed by atoms with van der Waals surface area (Å²) in [5.74, 6) is 0. The summed E-state index contributed by atoms with van der Waals surface area (Å²) in [7, 11) is -9.25. The lowest BCUT2D eigenvalue weighted by Crippen LogP contribution is -2.01. The third-order valence-corrected chi connectivity index (χ3v) is 4.63. The Kier molecular flexibility index (Phi) is 3.14. The van der Waals surface area contributed by atoms with Crippen molar-refractivity contribution in [3.05, 3.63) is 36.7 Å². The number of rotatable bonds is 2. The fourth-order valence-corrected chi connectivity index (χ4v) is 2.93. The number of benzene rings is 1. The maximum absolute atomic E-state index is 11.0. The van der Waals surface area contributed by atoms with E-state index >= 15 is 0 Å². The highest BCUT2D eigenvalue weighted by molar-refractivity contribution is 7.86. The number of hydrogen-bond acceptors (Lipinski definition) is 8. The number of hydrogen-bond donors (Lipinski definition) is 0. The van der Waals surface area contributed by atoms with Gasteiger partial charge in [-0.05, 0) is 12.1 Å². The van der Waals surface area contributed by atoms with E-state index in [1.54, 1.807) is 0 Å². The molecule has 0 radical (unpaired) electrons. The van der Waals surface area contributed by atoms with E-state index in [-0.39, 0.29) is 0 Å². The van der Waals surface area contributed by atoms with Crippen LogP contribution in [0.3, 0.4) is 0 Å². The first-order valence-corrected chi connectivity index (χ1v) is 8.58. The smallest absolute Gasteiger partial charge is 0.125 e. The molecule has 1 aromatic carbocycles. The van der Waals surface area contributed by atoms with Crippen LogP contribution in [0.4, 0.5) is 0 Å². The zero-order valence-electron chi connectivity index (χ0n) is 10.6. The van der Waals surface area contributed by atoms with E-state index in [1.807, 2.05) is 0 Å². The molecule has 8 nitrogen and oxygen atoms in total. The lowest BCUT2D eigenvalue weighted by molar-refractivity contribution is 0.460. The van der Waals surface area contributed by atoms with E-state index in [4.69, 9.17) is 0 Å². The first-order chi connectivity index (χ1) is 10.2. The Hall–Kier alpha value is -2.14. The second kappa shape index (κ2) is 4.68. The molecule has 3 rings (SSSR count). The third-order valence-electron chi connectivity index (χ3n) is 3.03. The largest absolute Gasteiger partial charge is 0.744 e. The highest BCUT2D eigenvalue weighted by atomic mass is 32.2. The first-order valence-electron chi connectivity index (χ1n) is 5.76. The standard InChI is InChI=1S/C12H8N2O6S2/c15-21(16,17)9-3-7-1-2-8-4-10(22(18,19)20)6-14-12(8)11(7)13-5-9/h1-6H,(H,15,16,17)(H,18,19,20)/p-2.